The van der Waals surface area contributed by atoms with Gasteiger partial charge in [0.15, 0.2) is 0 Å². The minimum atomic E-state index is -0.149. The first-order chi connectivity index (χ1) is 11.7. The summed E-state index contributed by atoms with van der Waals surface area (Å²) in [6.07, 6.45) is 21.9. The Kier molecular flexibility index (Phi) is 12.9. The maximum absolute atomic E-state index is 11.7. The Bertz CT molecular complexity index is 327. The lowest BCUT2D eigenvalue weighted by Gasteiger charge is -2.23. The molecule has 0 aliphatic heterocycles. The van der Waals surface area contributed by atoms with Crippen LogP contribution in [-0.4, -0.2) is 12.6 Å². The van der Waals surface area contributed by atoms with E-state index in [2.05, 4.69) is 19.9 Å². The van der Waals surface area contributed by atoms with Gasteiger partial charge in [-0.3, -0.25) is 0 Å². The molecule has 140 valence electrons. The van der Waals surface area contributed by atoms with Crippen LogP contribution in [0.5, 0.6) is 0 Å². The molecule has 0 heterocycles. The number of esters is 1. The summed E-state index contributed by atoms with van der Waals surface area (Å²) in [6.45, 7) is 5.17. The van der Waals surface area contributed by atoms with E-state index in [0.29, 0.717) is 12.5 Å². The highest BCUT2D eigenvalue weighted by molar-refractivity contribution is 5.81. The Morgan fingerprint density at radius 1 is 0.875 bits per heavy atom. The third-order valence-corrected chi connectivity index (χ3v) is 5.31. The molecule has 1 aliphatic rings. The van der Waals surface area contributed by atoms with Gasteiger partial charge in [-0.05, 0) is 31.1 Å². The Labute approximate surface area is 150 Å². The molecular weight excluding hydrogens is 296 g/mol. The van der Waals surface area contributed by atoms with E-state index < -0.39 is 0 Å². The number of carbonyl (C=O) groups is 1. The highest BCUT2D eigenvalue weighted by Gasteiger charge is 2.15. The molecule has 1 aliphatic carbocycles. The van der Waals surface area contributed by atoms with E-state index in [1.54, 1.807) is 6.08 Å². The van der Waals surface area contributed by atoms with Crippen LogP contribution in [0.4, 0.5) is 0 Å². The number of ether oxygens (including phenoxy) is 1. The predicted molar refractivity (Wildman–Crippen MR) is 103 cm³/mol. The summed E-state index contributed by atoms with van der Waals surface area (Å²) in [6, 6.07) is 0. The second-order valence-electron chi connectivity index (χ2n) is 7.73. The first-order valence-corrected chi connectivity index (χ1v) is 10.6. The average Bonchev–Trinajstić information content (AvgIpc) is 2.59. The molecule has 0 aromatic heterocycles. The summed E-state index contributed by atoms with van der Waals surface area (Å²) in [5, 5.41) is 0. The standard InChI is InChI=1S/C22H40O2/c1-3-4-5-6-7-8-9-10-11-12-19-24-22(23)18-17-21-15-13-20(2)14-16-21/h17-18,20-21H,3-16,19H2,1-2H3. The van der Waals surface area contributed by atoms with E-state index in [1.807, 2.05) is 0 Å². The minimum absolute atomic E-state index is 0.149. The van der Waals surface area contributed by atoms with Gasteiger partial charge in [0, 0.05) is 6.08 Å². The average molecular weight is 337 g/mol. The van der Waals surface area contributed by atoms with Gasteiger partial charge in [-0.2, -0.15) is 0 Å². The van der Waals surface area contributed by atoms with Crippen LogP contribution in [0, 0.1) is 11.8 Å². The Morgan fingerprint density at radius 3 is 2.00 bits per heavy atom. The molecule has 24 heavy (non-hydrogen) atoms. The summed E-state index contributed by atoms with van der Waals surface area (Å²) in [5.74, 6) is 1.30. The molecule has 0 atom stereocenters. The van der Waals surface area contributed by atoms with Gasteiger partial charge in [0.2, 0.25) is 0 Å². The van der Waals surface area contributed by atoms with Crippen molar-refractivity contribution in [3.63, 3.8) is 0 Å². The number of allylic oxidation sites excluding steroid dienone is 1. The Balaban J connectivity index is 1.87. The van der Waals surface area contributed by atoms with Crippen LogP contribution in [0.3, 0.4) is 0 Å². The first kappa shape index (κ1) is 21.3. The van der Waals surface area contributed by atoms with Gasteiger partial charge in [0.1, 0.15) is 0 Å². The third-order valence-electron chi connectivity index (χ3n) is 5.31. The SMILES string of the molecule is CCCCCCCCCCCCOC(=O)C=CC1CCC(C)CC1. The molecule has 0 bridgehead atoms. The molecule has 0 saturated heterocycles. The van der Waals surface area contributed by atoms with E-state index in [9.17, 15) is 4.79 Å². The Morgan fingerprint density at radius 2 is 1.42 bits per heavy atom. The molecule has 0 unspecified atom stereocenters. The number of unbranched alkanes of at least 4 members (excludes halogenated alkanes) is 9. The zero-order valence-electron chi connectivity index (χ0n) is 16.2. The molecule has 2 nitrogen and oxygen atoms in total. The lowest BCUT2D eigenvalue weighted by atomic mass is 9.83. The van der Waals surface area contributed by atoms with E-state index >= 15 is 0 Å². The van der Waals surface area contributed by atoms with Crippen LogP contribution >= 0.6 is 0 Å². The van der Waals surface area contributed by atoms with Gasteiger partial charge in [0.05, 0.1) is 6.61 Å². The second kappa shape index (κ2) is 14.5. The van der Waals surface area contributed by atoms with Crippen LogP contribution in [-0.2, 0) is 9.53 Å². The van der Waals surface area contributed by atoms with Crippen molar-refractivity contribution in [2.75, 3.05) is 6.61 Å². The van der Waals surface area contributed by atoms with Crippen molar-refractivity contribution >= 4 is 5.97 Å². The zero-order valence-corrected chi connectivity index (χ0v) is 16.2. The molecule has 1 fully saturated rings. The largest absolute Gasteiger partial charge is 0.463 e. The first-order valence-electron chi connectivity index (χ1n) is 10.6. The maximum Gasteiger partial charge on any atom is 0.330 e. The van der Waals surface area contributed by atoms with Crippen LogP contribution in [0.2, 0.25) is 0 Å². The van der Waals surface area contributed by atoms with E-state index in [-0.39, 0.29) is 5.97 Å². The van der Waals surface area contributed by atoms with E-state index in [4.69, 9.17) is 4.74 Å². The van der Waals surface area contributed by atoms with Crippen molar-refractivity contribution < 1.29 is 9.53 Å². The van der Waals surface area contributed by atoms with Crippen molar-refractivity contribution in [2.24, 2.45) is 11.8 Å². The second-order valence-corrected chi connectivity index (χ2v) is 7.73. The smallest absolute Gasteiger partial charge is 0.330 e. The number of rotatable bonds is 13. The van der Waals surface area contributed by atoms with Gasteiger partial charge in [-0.15, -0.1) is 0 Å². The van der Waals surface area contributed by atoms with Crippen molar-refractivity contribution in [3.8, 4) is 0 Å². The summed E-state index contributed by atoms with van der Waals surface area (Å²) in [7, 11) is 0. The number of hydrogen-bond donors (Lipinski definition) is 0. The van der Waals surface area contributed by atoms with Gasteiger partial charge in [-0.25, -0.2) is 4.79 Å². The molecule has 0 spiro atoms. The molecular formula is C22H40O2. The normalized spacial score (nSPS) is 21.2. The molecule has 0 N–H and O–H groups in total. The molecule has 1 saturated carbocycles. The van der Waals surface area contributed by atoms with Crippen LogP contribution in [0.1, 0.15) is 104 Å². The van der Waals surface area contributed by atoms with Crippen molar-refractivity contribution in [2.45, 2.75) is 104 Å². The van der Waals surface area contributed by atoms with E-state index in [1.165, 1.54) is 83.5 Å². The summed E-state index contributed by atoms with van der Waals surface area (Å²) in [5.41, 5.74) is 0. The van der Waals surface area contributed by atoms with Crippen LogP contribution < -0.4 is 0 Å². The van der Waals surface area contributed by atoms with Crippen molar-refractivity contribution in [1.82, 2.24) is 0 Å². The fourth-order valence-electron chi connectivity index (χ4n) is 3.50. The molecule has 2 heteroatoms. The monoisotopic (exact) mass is 336 g/mol. The lowest BCUT2D eigenvalue weighted by molar-refractivity contribution is -0.137. The molecule has 0 aromatic rings. The van der Waals surface area contributed by atoms with Crippen LogP contribution in [0.15, 0.2) is 12.2 Å². The molecule has 0 amide bonds. The summed E-state index contributed by atoms with van der Waals surface area (Å²) < 4.78 is 5.30. The highest BCUT2D eigenvalue weighted by Crippen LogP contribution is 2.28. The molecule has 0 radical (unpaired) electrons. The third kappa shape index (κ3) is 11.7. The fourth-order valence-corrected chi connectivity index (χ4v) is 3.50. The topological polar surface area (TPSA) is 26.3 Å². The lowest BCUT2D eigenvalue weighted by Crippen LogP contribution is -2.11. The molecule has 0 aromatic carbocycles. The van der Waals surface area contributed by atoms with E-state index in [0.717, 1.165) is 12.3 Å². The van der Waals surface area contributed by atoms with Gasteiger partial charge in [0.25, 0.3) is 0 Å². The number of hydrogen-bond acceptors (Lipinski definition) is 2. The molecule has 1 rings (SSSR count). The maximum atomic E-state index is 11.7. The van der Waals surface area contributed by atoms with Gasteiger partial charge >= 0.3 is 5.97 Å². The number of carbonyl (C=O) groups excluding carboxylic acids is 1. The minimum Gasteiger partial charge on any atom is -0.463 e. The highest BCUT2D eigenvalue weighted by atomic mass is 16.5. The van der Waals surface area contributed by atoms with Crippen molar-refractivity contribution in [3.05, 3.63) is 12.2 Å². The zero-order chi connectivity index (χ0) is 17.5. The van der Waals surface area contributed by atoms with Gasteiger partial charge in [-0.1, -0.05) is 90.6 Å². The summed E-state index contributed by atoms with van der Waals surface area (Å²) >= 11 is 0. The summed E-state index contributed by atoms with van der Waals surface area (Å²) in [4.78, 5) is 11.7. The van der Waals surface area contributed by atoms with Crippen molar-refractivity contribution in [1.29, 1.82) is 0 Å². The van der Waals surface area contributed by atoms with Gasteiger partial charge < -0.3 is 4.74 Å². The van der Waals surface area contributed by atoms with Crippen LogP contribution in [0.25, 0.3) is 0 Å². The fraction of sp³-hybridized carbons (Fsp3) is 0.864. The quantitative estimate of drug-likeness (QED) is 0.209. The predicted octanol–water partition coefficient (Wildman–Crippen LogP) is 6.83. The Hall–Kier alpha value is -0.790.